The molecule has 100 valence electrons. The van der Waals surface area contributed by atoms with Crippen LogP contribution in [0.4, 0.5) is 0 Å². The maximum absolute atomic E-state index is 9.77. The number of aryl methyl sites for hydroxylation is 1. The van der Waals surface area contributed by atoms with E-state index in [1.54, 1.807) is 18.4 Å². The standard InChI is InChI=1S/C15H17NO3/c17-13-5-1-3-10(15(13)18)9-16-12-4-2-6-14-11(12)7-8-19-14/h1,3,5,7-8,12,16-18H,2,4,6,9H2. The molecule has 4 heteroatoms. The molecular weight excluding hydrogens is 242 g/mol. The molecule has 0 fully saturated rings. The SMILES string of the molecule is Oc1cccc(CNC2CCCc3occc32)c1O. The van der Waals surface area contributed by atoms with Crippen molar-refractivity contribution < 1.29 is 14.6 Å². The number of aromatic hydroxyl groups is 2. The van der Waals surface area contributed by atoms with Gasteiger partial charge in [-0.25, -0.2) is 0 Å². The van der Waals surface area contributed by atoms with Crippen LogP contribution in [0.25, 0.3) is 0 Å². The summed E-state index contributed by atoms with van der Waals surface area (Å²) in [5.74, 6) is 0.939. The van der Waals surface area contributed by atoms with Crippen molar-refractivity contribution in [2.24, 2.45) is 0 Å². The Balaban J connectivity index is 1.73. The van der Waals surface area contributed by atoms with E-state index < -0.39 is 0 Å². The molecule has 1 aromatic heterocycles. The van der Waals surface area contributed by atoms with Crippen LogP contribution in [0.1, 0.15) is 35.8 Å². The van der Waals surface area contributed by atoms with Gasteiger partial charge in [0.2, 0.25) is 0 Å². The largest absolute Gasteiger partial charge is 0.504 e. The first kappa shape index (κ1) is 12.1. The summed E-state index contributed by atoms with van der Waals surface area (Å²) < 4.78 is 5.45. The number of furan rings is 1. The Morgan fingerprint density at radius 1 is 1.26 bits per heavy atom. The van der Waals surface area contributed by atoms with Crippen LogP contribution in [-0.2, 0) is 13.0 Å². The molecule has 0 spiro atoms. The van der Waals surface area contributed by atoms with Gasteiger partial charge in [-0.1, -0.05) is 12.1 Å². The number of fused-ring (bicyclic) bond motifs is 1. The van der Waals surface area contributed by atoms with E-state index in [1.165, 1.54) is 11.6 Å². The molecule has 0 radical (unpaired) electrons. The van der Waals surface area contributed by atoms with Crippen molar-refractivity contribution in [3.63, 3.8) is 0 Å². The third-order valence-corrected chi connectivity index (χ3v) is 3.69. The Labute approximate surface area is 111 Å². The summed E-state index contributed by atoms with van der Waals surface area (Å²) in [6.45, 7) is 0.523. The van der Waals surface area contributed by atoms with E-state index in [2.05, 4.69) is 5.32 Å². The zero-order valence-corrected chi connectivity index (χ0v) is 10.6. The minimum Gasteiger partial charge on any atom is -0.504 e. The molecule has 0 saturated carbocycles. The molecule has 0 saturated heterocycles. The summed E-state index contributed by atoms with van der Waals surface area (Å²) in [5, 5.41) is 22.7. The third kappa shape index (κ3) is 2.31. The fraction of sp³-hybridized carbons (Fsp3) is 0.333. The van der Waals surface area contributed by atoms with Gasteiger partial charge in [-0.2, -0.15) is 0 Å². The summed E-state index contributed by atoms with van der Waals surface area (Å²) in [5.41, 5.74) is 1.92. The second-order valence-electron chi connectivity index (χ2n) is 4.91. The fourth-order valence-corrected chi connectivity index (χ4v) is 2.65. The van der Waals surface area contributed by atoms with Gasteiger partial charge in [0.15, 0.2) is 11.5 Å². The molecule has 4 nitrogen and oxygen atoms in total. The van der Waals surface area contributed by atoms with Crippen LogP contribution in [0.3, 0.4) is 0 Å². The Bertz CT molecular complexity index is 577. The summed E-state index contributed by atoms with van der Waals surface area (Å²) >= 11 is 0. The molecule has 3 rings (SSSR count). The molecule has 0 bridgehead atoms. The van der Waals surface area contributed by atoms with Gasteiger partial charge >= 0.3 is 0 Å². The maximum Gasteiger partial charge on any atom is 0.161 e. The van der Waals surface area contributed by atoms with Crippen LogP contribution in [0, 0.1) is 0 Å². The molecule has 1 aromatic carbocycles. The summed E-state index contributed by atoms with van der Waals surface area (Å²) in [6, 6.07) is 7.28. The van der Waals surface area contributed by atoms with Crippen LogP contribution < -0.4 is 5.32 Å². The van der Waals surface area contributed by atoms with Crippen molar-refractivity contribution >= 4 is 0 Å². The number of phenols is 2. The van der Waals surface area contributed by atoms with E-state index in [9.17, 15) is 10.2 Å². The molecule has 1 unspecified atom stereocenters. The van der Waals surface area contributed by atoms with Gasteiger partial charge in [0.1, 0.15) is 5.76 Å². The van der Waals surface area contributed by atoms with E-state index in [1.807, 2.05) is 6.07 Å². The Morgan fingerprint density at radius 2 is 2.16 bits per heavy atom. The zero-order valence-electron chi connectivity index (χ0n) is 10.6. The van der Waals surface area contributed by atoms with Gasteiger partial charge in [-0.05, 0) is 25.0 Å². The van der Waals surface area contributed by atoms with Crippen LogP contribution in [0.15, 0.2) is 34.9 Å². The Kier molecular flexibility index (Phi) is 3.17. The van der Waals surface area contributed by atoms with E-state index in [0.717, 1.165) is 25.0 Å². The van der Waals surface area contributed by atoms with Crippen LogP contribution in [0.5, 0.6) is 11.5 Å². The van der Waals surface area contributed by atoms with Gasteiger partial charge in [0, 0.05) is 30.1 Å². The quantitative estimate of drug-likeness (QED) is 0.741. The van der Waals surface area contributed by atoms with Gasteiger partial charge in [0.25, 0.3) is 0 Å². The second-order valence-corrected chi connectivity index (χ2v) is 4.91. The number of rotatable bonds is 3. The molecule has 0 aliphatic heterocycles. The smallest absolute Gasteiger partial charge is 0.161 e. The van der Waals surface area contributed by atoms with Crippen molar-refractivity contribution in [1.82, 2.24) is 5.32 Å². The highest BCUT2D eigenvalue weighted by Crippen LogP contribution is 2.32. The van der Waals surface area contributed by atoms with Crippen LogP contribution in [-0.4, -0.2) is 10.2 Å². The van der Waals surface area contributed by atoms with E-state index in [4.69, 9.17) is 4.42 Å². The first-order valence-corrected chi connectivity index (χ1v) is 6.55. The zero-order chi connectivity index (χ0) is 13.2. The molecule has 0 amide bonds. The lowest BCUT2D eigenvalue weighted by molar-refractivity contribution is 0.387. The van der Waals surface area contributed by atoms with Gasteiger partial charge < -0.3 is 19.9 Å². The number of hydrogen-bond donors (Lipinski definition) is 3. The highest BCUT2D eigenvalue weighted by Gasteiger charge is 2.22. The molecule has 3 N–H and O–H groups in total. The summed E-state index contributed by atoms with van der Waals surface area (Å²) in [6.07, 6.45) is 4.89. The van der Waals surface area contributed by atoms with E-state index >= 15 is 0 Å². The number of para-hydroxylation sites is 1. The molecule has 1 heterocycles. The van der Waals surface area contributed by atoms with Crippen molar-refractivity contribution in [3.8, 4) is 11.5 Å². The van der Waals surface area contributed by atoms with Crippen molar-refractivity contribution in [3.05, 3.63) is 47.4 Å². The first-order chi connectivity index (χ1) is 9.25. The lowest BCUT2D eigenvalue weighted by Gasteiger charge is -2.23. The minimum atomic E-state index is -0.0769. The summed E-state index contributed by atoms with van der Waals surface area (Å²) in [7, 11) is 0. The lowest BCUT2D eigenvalue weighted by atomic mass is 9.93. The highest BCUT2D eigenvalue weighted by molar-refractivity contribution is 5.44. The number of hydrogen-bond acceptors (Lipinski definition) is 4. The Hall–Kier alpha value is -1.94. The lowest BCUT2D eigenvalue weighted by Crippen LogP contribution is -2.24. The molecule has 1 aliphatic rings. The molecule has 2 aromatic rings. The van der Waals surface area contributed by atoms with Crippen LogP contribution in [0.2, 0.25) is 0 Å². The van der Waals surface area contributed by atoms with Gasteiger partial charge in [-0.15, -0.1) is 0 Å². The molecule has 1 aliphatic carbocycles. The average Bonchev–Trinajstić information content (AvgIpc) is 2.89. The normalized spacial score (nSPS) is 18.2. The summed E-state index contributed by atoms with van der Waals surface area (Å²) in [4.78, 5) is 0. The van der Waals surface area contributed by atoms with Crippen molar-refractivity contribution in [2.75, 3.05) is 0 Å². The Morgan fingerprint density at radius 3 is 3.05 bits per heavy atom. The predicted molar refractivity (Wildman–Crippen MR) is 71.0 cm³/mol. The van der Waals surface area contributed by atoms with Gasteiger partial charge in [0.05, 0.1) is 6.26 Å². The highest BCUT2D eigenvalue weighted by atomic mass is 16.3. The van der Waals surface area contributed by atoms with E-state index in [0.29, 0.717) is 12.1 Å². The predicted octanol–water partition coefficient (Wildman–Crippen LogP) is 2.86. The number of nitrogens with one attached hydrogen (secondary N) is 1. The maximum atomic E-state index is 9.77. The monoisotopic (exact) mass is 259 g/mol. The molecule has 19 heavy (non-hydrogen) atoms. The average molecular weight is 259 g/mol. The van der Waals surface area contributed by atoms with Gasteiger partial charge in [-0.3, -0.25) is 0 Å². The molecular formula is C15H17NO3. The number of phenolic OH excluding ortho intramolecular Hbond substituents is 2. The first-order valence-electron chi connectivity index (χ1n) is 6.55. The van der Waals surface area contributed by atoms with E-state index in [-0.39, 0.29) is 17.5 Å². The third-order valence-electron chi connectivity index (χ3n) is 3.69. The molecule has 1 atom stereocenters. The van der Waals surface area contributed by atoms with Crippen molar-refractivity contribution in [2.45, 2.75) is 31.8 Å². The van der Waals surface area contributed by atoms with Crippen molar-refractivity contribution in [1.29, 1.82) is 0 Å². The number of benzene rings is 1. The fourth-order valence-electron chi connectivity index (χ4n) is 2.65. The second kappa shape index (κ2) is 4.97. The van der Waals surface area contributed by atoms with Crippen LogP contribution >= 0.6 is 0 Å². The minimum absolute atomic E-state index is 0.0433. The topological polar surface area (TPSA) is 65.6 Å².